The molecule has 3 N–H and O–H groups in total. The van der Waals surface area contributed by atoms with Crippen molar-refractivity contribution in [1.82, 2.24) is 9.97 Å². The van der Waals surface area contributed by atoms with Crippen LogP contribution in [-0.2, 0) is 11.2 Å². The number of carboxylic acids is 1. The molecule has 6 nitrogen and oxygen atoms in total. The number of nitrogens with zero attached hydrogens (tertiary/aromatic N) is 3. The molecular formula is C17H19FN4O2. The first-order valence-electron chi connectivity index (χ1n) is 7.80. The van der Waals surface area contributed by atoms with Crippen LogP contribution >= 0.6 is 0 Å². The summed E-state index contributed by atoms with van der Waals surface area (Å²) in [5.41, 5.74) is 4.99. The van der Waals surface area contributed by atoms with Gasteiger partial charge in [-0.1, -0.05) is 18.2 Å². The molecule has 2 heterocycles. The summed E-state index contributed by atoms with van der Waals surface area (Å²) in [5.74, 6) is -0.548. The van der Waals surface area contributed by atoms with Crippen molar-refractivity contribution < 1.29 is 14.3 Å². The normalized spacial score (nSPS) is 20.8. The Hall–Kier alpha value is -2.70. The Morgan fingerprint density at radius 3 is 2.88 bits per heavy atom. The number of nitrogen functional groups attached to an aromatic ring is 1. The lowest BCUT2D eigenvalue weighted by Crippen LogP contribution is -2.49. The van der Waals surface area contributed by atoms with Crippen molar-refractivity contribution in [3.63, 3.8) is 0 Å². The minimum Gasteiger partial charge on any atom is -0.481 e. The molecule has 1 atom stereocenters. The van der Waals surface area contributed by atoms with Gasteiger partial charge in [-0.15, -0.1) is 0 Å². The molecule has 7 heteroatoms. The fourth-order valence-electron chi connectivity index (χ4n) is 3.27. The van der Waals surface area contributed by atoms with Crippen molar-refractivity contribution in [2.24, 2.45) is 5.41 Å². The van der Waals surface area contributed by atoms with Crippen LogP contribution in [-0.4, -0.2) is 34.1 Å². The lowest BCUT2D eigenvalue weighted by Gasteiger charge is -2.40. The van der Waals surface area contributed by atoms with Gasteiger partial charge >= 0.3 is 5.97 Å². The number of benzene rings is 1. The second-order valence-corrected chi connectivity index (χ2v) is 6.15. The van der Waals surface area contributed by atoms with Gasteiger partial charge in [0.25, 0.3) is 0 Å². The van der Waals surface area contributed by atoms with Gasteiger partial charge in [0.1, 0.15) is 11.6 Å². The van der Waals surface area contributed by atoms with E-state index in [1.807, 2.05) is 4.90 Å². The molecule has 0 amide bonds. The van der Waals surface area contributed by atoms with Gasteiger partial charge in [0.05, 0.1) is 5.41 Å². The van der Waals surface area contributed by atoms with Crippen molar-refractivity contribution in [3.8, 4) is 0 Å². The first-order valence-corrected chi connectivity index (χ1v) is 7.80. The molecule has 1 aromatic carbocycles. The second kappa shape index (κ2) is 6.43. The first kappa shape index (κ1) is 16.2. The van der Waals surface area contributed by atoms with E-state index in [0.29, 0.717) is 30.8 Å². The van der Waals surface area contributed by atoms with E-state index >= 15 is 0 Å². The number of carboxylic acid groups (broad SMARTS) is 1. The summed E-state index contributed by atoms with van der Waals surface area (Å²) in [6.45, 7) is 0.940. The molecular weight excluding hydrogens is 311 g/mol. The maximum atomic E-state index is 14.0. The summed E-state index contributed by atoms with van der Waals surface area (Å²) in [7, 11) is 0. The highest BCUT2D eigenvalue weighted by atomic mass is 19.1. The number of hydrogen-bond donors (Lipinski definition) is 2. The summed E-state index contributed by atoms with van der Waals surface area (Å²) in [6.07, 6.45) is 2.87. The van der Waals surface area contributed by atoms with Crippen LogP contribution in [0.15, 0.2) is 36.5 Å². The van der Waals surface area contributed by atoms with Crippen LogP contribution in [0.3, 0.4) is 0 Å². The van der Waals surface area contributed by atoms with Crippen LogP contribution < -0.4 is 10.6 Å². The molecule has 2 aromatic rings. The molecule has 0 spiro atoms. The molecule has 0 saturated carbocycles. The number of halogens is 1. The van der Waals surface area contributed by atoms with Crippen LogP contribution in [0.5, 0.6) is 0 Å². The van der Waals surface area contributed by atoms with E-state index in [1.54, 1.807) is 30.5 Å². The molecule has 24 heavy (non-hydrogen) atoms. The number of nitrogens with two attached hydrogens (primary N) is 1. The van der Waals surface area contributed by atoms with E-state index < -0.39 is 11.4 Å². The van der Waals surface area contributed by atoms with E-state index in [9.17, 15) is 14.3 Å². The largest absolute Gasteiger partial charge is 0.481 e. The monoisotopic (exact) mass is 330 g/mol. The third-order valence-electron chi connectivity index (χ3n) is 4.50. The van der Waals surface area contributed by atoms with Crippen molar-refractivity contribution >= 4 is 17.7 Å². The van der Waals surface area contributed by atoms with Gasteiger partial charge in [-0.3, -0.25) is 4.79 Å². The molecule has 1 fully saturated rings. The topological polar surface area (TPSA) is 92.3 Å². The van der Waals surface area contributed by atoms with Crippen molar-refractivity contribution in [1.29, 1.82) is 0 Å². The lowest BCUT2D eigenvalue weighted by molar-refractivity contribution is -0.149. The molecule has 0 unspecified atom stereocenters. The highest BCUT2D eigenvalue weighted by molar-refractivity contribution is 5.76. The third kappa shape index (κ3) is 3.15. The van der Waals surface area contributed by atoms with Crippen molar-refractivity contribution in [2.75, 3.05) is 23.7 Å². The molecule has 0 aliphatic carbocycles. The van der Waals surface area contributed by atoms with Gasteiger partial charge in [0.15, 0.2) is 0 Å². The van der Waals surface area contributed by atoms with Crippen LogP contribution in [0, 0.1) is 11.2 Å². The number of hydrogen-bond acceptors (Lipinski definition) is 5. The zero-order valence-electron chi connectivity index (χ0n) is 13.2. The Morgan fingerprint density at radius 1 is 1.38 bits per heavy atom. The number of anilines is 2. The minimum absolute atomic E-state index is 0.145. The summed E-state index contributed by atoms with van der Waals surface area (Å²) in [5, 5.41) is 9.85. The molecule has 1 aliphatic heterocycles. The standard InChI is InChI=1S/C17H19FN4O2/c18-13-5-2-1-4-12(13)10-17(15(23)24)7-3-9-22(11-17)14-6-8-20-16(19)21-14/h1-2,4-6,8H,3,7,9-11H2,(H,23,24)(H2,19,20,21)/t17-/m1/s1. The SMILES string of the molecule is Nc1nccc(N2CCC[C@](Cc3ccccc3F)(C(=O)O)C2)n1. The first-order chi connectivity index (χ1) is 11.5. The van der Waals surface area contributed by atoms with Gasteiger partial charge in [0, 0.05) is 19.3 Å². The predicted octanol–water partition coefficient (Wildman–Crippen LogP) is 2.11. The van der Waals surface area contributed by atoms with Crippen LogP contribution in [0.1, 0.15) is 18.4 Å². The summed E-state index contributed by atoms with van der Waals surface area (Å²) < 4.78 is 14.0. The molecule has 3 rings (SSSR count). The number of carbonyl (C=O) groups is 1. The zero-order chi connectivity index (χ0) is 17.2. The van der Waals surface area contributed by atoms with Gasteiger partial charge in [0.2, 0.25) is 5.95 Å². The van der Waals surface area contributed by atoms with Gasteiger partial charge < -0.3 is 15.7 Å². The fourth-order valence-corrected chi connectivity index (χ4v) is 3.27. The van der Waals surface area contributed by atoms with Crippen LogP contribution in [0.2, 0.25) is 0 Å². The van der Waals surface area contributed by atoms with Gasteiger partial charge in [-0.05, 0) is 37.0 Å². The average Bonchev–Trinajstić information content (AvgIpc) is 2.57. The quantitative estimate of drug-likeness (QED) is 0.892. The van der Waals surface area contributed by atoms with Gasteiger partial charge in [-0.25, -0.2) is 9.37 Å². The van der Waals surface area contributed by atoms with E-state index in [4.69, 9.17) is 5.73 Å². The second-order valence-electron chi connectivity index (χ2n) is 6.15. The predicted molar refractivity (Wildman–Crippen MR) is 88.1 cm³/mol. The summed E-state index contributed by atoms with van der Waals surface area (Å²) in [6, 6.07) is 8.03. The Bertz CT molecular complexity index is 755. The Balaban J connectivity index is 1.90. The average molecular weight is 330 g/mol. The number of aliphatic carboxylic acids is 1. The lowest BCUT2D eigenvalue weighted by atomic mass is 9.75. The van der Waals surface area contributed by atoms with Crippen molar-refractivity contribution in [3.05, 3.63) is 47.9 Å². The fraction of sp³-hybridized carbons (Fsp3) is 0.353. The number of aromatic nitrogens is 2. The molecule has 1 aliphatic rings. The highest BCUT2D eigenvalue weighted by Crippen LogP contribution is 2.36. The number of rotatable bonds is 4. The van der Waals surface area contributed by atoms with E-state index in [2.05, 4.69) is 9.97 Å². The van der Waals surface area contributed by atoms with Crippen molar-refractivity contribution in [2.45, 2.75) is 19.3 Å². The van der Waals surface area contributed by atoms with Crippen LogP contribution in [0.25, 0.3) is 0 Å². The van der Waals surface area contributed by atoms with Gasteiger partial charge in [-0.2, -0.15) is 4.98 Å². The Morgan fingerprint density at radius 2 is 2.17 bits per heavy atom. The molecule has 1 saturated heterocycles. The van der Waals surface area contributed by atoms with Crippen LogP contribution in [0.4, 0.5) is 16.2 Å². The van der Waals surface area contributed by atoms with E-state index in [1.165, 1.54) is 6.07 Å². The Kier molecular flexibility index (Phi) is 4.33. The molecule has 126 valence electrons. The van der Waals surface area contributed by atoms with E-state index in [-0.39, 0.29) is 24.7 Å². The minimum atomic E-state index is -1.06. The third-order valence-corrected chi connectivity index (χ3v) is 4.50. The number of piperidine rings is 1. The molecule has 0 radical (unpaired) electrons. The Labute approximate surface area is 139 Å². The maximum Gasteiger partial charge on any atom is 0.311 e. The maximum absolute atomic E-state index is 14.0. The molecule has 0 bridgehead atoms. The smallest absolute Gasteiger partial charge is 0.311 e. The van der Waals surface area contributed by atoms with E-state index in [0.717, 1.165) is 0 Å². The highest BCUT2D eigenvalue weighted by Gasteiger charge is 2.43. The summed E-state index contributed by atoms with van der Waals surface area (Å²) in [4.78, 5) is 21.9. The summed E-state index contributed by atoms with van der Waals surface area (Å²) >= 11 is 0. The zero-order valence-corrected chi connectivity index (χ0v) is 13.2. The molecule has 1 aromatic heterocycles.